The molecule has 1 aliphatic heterocycles. The van der Waals surface area contributed by atoms with Gasteiger partial charge in [-0.2, -0.15) is 0 Å². The Hall–Kier alpha value is -3.02. The molecular formula is C20H23N3O3. The third-order valence-corrected chi connectivity index (χ3v) is 4.49. The fourth-order valence-corrected chi connectivity index (χ4v) is 2.96. The number of piperazine rings is 1. The molecule has 26 heavy (non-hydrogen) atoms. The van der Waals surface area contributed by atoms with Crippen molar-refractivity contribution in [3.8, 4) is 5.75 Å². The Labute approximate surface area is 153 Å². The molecule has 0 radical (unpaired) electrons. The van der Waals surface area contributed by atoms with Crippen LogP contribution in [-0.2, 0) is 16.1 Å². The van der Waals surface area contributed by atoms with Crippen LogP contribution in [0.1, 0.15) is 5.56 Å². The topological polar surface area (TPSA) is 61.9 Å². The number of nitrogens with one attached hydrogen (secondary N) is 1. The fourth-order valence-electron chi connectivity index (χ4n) is 2.96. The molecule has 136 valence electrons. The van der Waals surface area contributed by atoms with E-state index in [0.29, 0.717) is 32.7 Å². The molecule has 0 spiro atoms. The molecule has 3 rings (SSSR count). The molecule has 6 heteroatoms. The number of rotatable bonds is 4. The lowest BCUT2D eigenvalue weighted by molar-refractivity contribution is -0.146. The molecule has 1 heterocycles. The van der Waals surface area contributed by atoms with Crippen LogP contribution in [0, 0.1) is 0 Å². The highest BCUT2D eigenvalue weighted by Gasteiger charge is 2.25. The Morgan fingerprint density at radius 1 is 0.962 bits per heavy atom. The molecule has 1 saturated heterocycles. The molecule has 0 unspecified atom stereocenters. The Balaban J connectivity index is 1.48. The van der Waals surface area contributed by atoms with Gasteiger partial charge in [0.15, 0.2) is 0 Å². The molecule has 6 nitrogen and oxygen atoms in total. The smallest absolute Gasteiger partial charge is 0.312 e. The largest absolute Gasteiger partial charge is 0.497 e. The monoisotopic (exact) mass is 353 g/mol. The van der Waals surface area contributed by atoms with Gasteiger partial charge in [-0.05, 0) is 29.8 Å². The molecule has 2 amide bonds. The quantitative estimate of drug-likeness (QED) is 0.850. The number of carbonyl (C=O) groups is 2. The molecule has 0 atom stereocenters. The lowest BCUT2D eigenvalue weighted by atomic mass is 10.2. The maximum atomic E-state index is 12.3. The van der Waals surface area contributed by atoms with Gasteiger partial charge in [0.05, 0.1) is 7.11 Å². The molecule has 2 aromatic carbocycles. The van der Waals surface area contributed by atoms with E-state index in [2.05, 4.69) is 10.2 Å². The Morgan fingerprint density at radius 2 is 1.62 bits per heavy atom. The SMILES string of the molecule is COc1ccc(N2CCN(C(=O)C(=O)NCc3ccccc3)CC2)cc1. The molecule has 0 bridgehead atoms. The minimum atomic E-state index is -0.549. The van der Waals surface area contributed by atoms with Gasteiger partial charge in [0.2, 0.25) is 0 Å². The van der Waals surface area contributed by atoms with E-state index in [9.17, 15) is 9.59 Å². The first kappa shape index (κ1) is 17.8. The van der Waals surface area contributed by atoms with Crippen LogP contribution in [0.4, 0.5) is 5.69 Å². The van der Waals surface area contributed by atoms with Crippen LogP contribution in [0.15, 0.2) is 54.6 Å². The van der Waals surface area contributed by atoms with Crippen molar-refractivity contribution in [2.45, 2.75) is 6.54 Å². The van der Waals surface area contributed by atoms with E-state index in [1.165, 1.54) is 0 Å². The van der Waals surface area contributed by atoms with Crippen molar-refractivity contribution >= 4 is 17.5 Å². The summed E-state index contributed by atoms with van der Waals surface area (Å²) in [5.41, 5.74) is 2.06. The van der Waals surface area contributed by atoms with Crippen LogP contribution in [0.25, 0.3) is 0 Å². The van der Waals surface area contributed by atoms with E-state index >= 15 is 0 Å². The highest BCUT2D eigenvalue weighted by Crippen LogP contribution is 2.20. The zero-order valence-electron chi connectivity index (χ0n) is 14.9. The number of anilines is 1. The second kappa shape index (κ2) is 8.38. The van der Waals surface area contributed by atoms with Gasteiger partial charge in [0.1, 0.15) is 5.75 Å². The van der Waals surface area contributed by atoms with Crippen molar-refractivity contribution in [1.82, 2.24) is 10.2 Å². The van der Waals surface area contributed by atoms with E-state index in [1.54, 1.807) is 12.0 Å². The second-order valence-corrected chi connectivity index (χ2v) is 6.15. The summed E-state index contributed by atoms with van der Waals surface area (Å²) in [5, 5.41) is 2.69. The van der Waals surface area contributed by atoms with Crippen LogP contribution in [0.5, 0.6) is 5.75 Å². The van der Waals surface area contributed by atoms with Gasteiger partial charge in [0.25, 0.3) is 0 Å². The van der Waals surface area contributed by atoms with Gasteiger partial charge in [0, 0.05) is 38.4 Å². The van der Waals surface area contributed by atoms with E-state index in [4.69, 9.17) is 4.74 Å². The third-order valence-electron chi connectivity index (χ3n) is 4.49. The van der Waals surface area contributed by atoms with Gasteiger partial charge in [-0.1, -0.05) is 30.3 Å². The van der Waals surface area contributed by atoms with Crippen molar-refractivity contribution in [2.75, 3.05) is 38.2 Å². The summed E-state index contributed by atoms with van der Waals surface area (Å²) >= 11 is 0. The minimum Gasteiger partial charge on any atom is -0.497 e. The lowest BCUT2D eigenvalue weighted by Gasteiger charge is -2.35. The zero-order valence-corrected chi connectivity index (χ0v) is 14.9. The average molecular weight is 353 g/mol. The van der Waals surface area contributed by atoms with Crippen LogP contribution in [-0.4, -0.2) is 50.0 Å². The first-order valence-corrected chi connectivity index (χ1v) is 8.67. The predicted molar refractivity (Wildman–Crippen MR) is 100 cm³/mol. The van der Waals surface area contributed by atoms with E-state index in [0.717, 1.165) is 17.0 Å². The van der Waals surface area contributed by atoms with Crippen LogP contribution < -0.4 is 15.0 Å². The minimum absolute atomic E-state index is 0.358. The number of ether oxygens (including phenoxy) is 1. The Morgan fingerprint density at radius 3 is 2.23 bits per heavy atom. The van der Waals surface area contributed by atoms with Crippen LogP contribution >= 0.6 is 0 Å². The first-order valence-electron chi connectivity index (χ1n) is 8.67. The first-order chi connectivity index (χ1) is 12.7. The van der Waals surface area contributed by atoms with Gasteiger partial charge >= 0.3 is 11.8 Å². The number of amides is 2. The maximum absolute atomic E-state index is 12.3. The predicted octanol–water partition coefficient (Wildman–Crippen LogP) is 1.66. The normalized spacial score (nSPS) is 14.0. The number of carbonyl (C=O) groups excluding carboxylic acids is 2. The average Bonchev–Trinajstić information content (AvgIpc) is 2.72. The van der Waals surface area contributed by atoms with Crippen molar-refractivity contribution in [1.29, 1.82) is 0 Å². The van der Waals surface area contributed by atoms with Gasteiger partial charge in [-0.15, -0.1) is 0 Å². The van der Waals surface area contributed by atoms with Crippen LogP contribution in [0.3, 0.4) is 0 Å². The number of hydrogen-bond donors (Lipinski definition) is 1. The number of benzene rings is 2. The fraction of sp³-hybridized carbons (Fsp3) is 0.300. The molecule has 0 aliphatic carbocycles. The Bertz CT molecular complexity index is 739. The summed E-state index contributed by atoms with van der Waals surface area (Å²) in [6, 6.07) is 17.4. The van der Waals surface area contributed by atoms with Gasteiger partial charge in [-0.25, -0.2) is 0 Å². The van der Waals surface area contributed by atoms with Crippen molar-refractivity contribution < 1.29 is 14.3 Å². The summed E-state index contributed by atoms with van der Waals surface area (Å²) in [6.45, 7) is 2.82. The summed E-state index contributed by atoms with van der Waals surface area (Å²) < 4.78 is 5.17. The molecule has 0 saturated carbocycles. The lowest BCUT2D eigenvalue weighted by Crippen LogP contribution is -2.52. The molecule has 1 aliphatic rings. The standard InChI is InChI=1S/C20H23N3O3/c1-26-18-9-7-17(8-10-18)22-11-13-23(14-12-22)20(25)19(24)21-15-16-5-3-2-4-6-16/h2-10H,11-15H2,1H3,(H,21,24). The maximum Gasteiger partial charge on any atom is 0.312 e. The van der Waals surface area contributed by atoms with E-state index < -0.39 is 11.8 Å². The molecular weight excluding hydrogens is 330 g/mol. The van der Waals surface area contributed by atoms with Crippen LogP contribution in [0.2, 0.25) is 0 Å². The highest BCUT2D eigenvalue weighted by atomic mass is 16.5. The molecule has 0 aromatic heterocycles. The number of nitrogens with zero attached hydrogens (tertiary/aromatic N) is 2. The number of methoxy groups -OCH3 is 1. The van der Waals surface area contributed by atoms with E-state index in [1.807, 2.05) is 54.6 Å². The second-order valence-electron chi connectivity index (χ2n) is 6.15. The van der Waals surface area contributed by atoms with Crippen molar-refractivity contribution in [2.24, 2.45) is 0 Å². The molecule has 2 aromatic rings. The molecule has 1 N–H and O–H groups in total. The van der Waals surface area contributed by atoms with Crippen molar-refractivity contribution in [3.05, 3.63) is 60.2 Å². The van der Waals surface area contributed by atoms with Gasteiger partial charge < -0.3 is 19.9 Å². The number of hydrogen-bond acceptors (Lipinski definition) is 4. The van der Waals surface area contributed by atoms with Gasteiger partial charge in [-0.3, -0.25) is 9.59 Å². The Kier molecular flexibility index (Phi) is 5.73. The summed E-state index contributed by atoms with van der Waals surface area (Å²) in [7, 11) is 1.64. The highest BCUT2D eigenvalue weighted by molar-refractivity contribution is 6.35. The summed E-state index contributed by atoms with van der Waals surface area (Å²) in [4.78, 5) is 28.2. The third kappa shape index (κ3) is 4.33. The van der Waals surface area contributed by atoms with E-state index in [-0.39, 0.29) is 0 Å². The summed E-state index contributed by atoms with van der Waals surface area (Å²) in [5.74, 6) is -0.195. The van der Waals surface area contributed by atoms with Crippen molar-refractivity contribution in [3.63, 3.8) is 0 Å². The molecule has 1 fully saturated rings. The zero-order chi connectivity index (χ0) is 18.4. The summed E-state index contributed by atoms with van der Waals surface area (Å²) in [6.07, 6.45) is 0.